The van der Waals surface area contributed by atoms with Gasteiger partial charge in [-0.1, -0.05) is 78.0 Å². The molecule has 0 unspecified atom stereocenters. The zero-order chi connectivity index (χ0) is 28.4. The summed E-state index contributed by atoms with van der Waals surface area (Å²) in [5.41, 5.74) is 3.66. The molecule has 202 valence electrons. The van der Waals surface area contributed by atoms with Gasteiger partial charge < -0.3 is 0 Å². The van der Waals surface area contributed by atoms with Crippen LogP contribution in [0.3, 0.4) is 0 Å². The van der Waals surface area contributed by atoms with E-state index < -0.39 is 15.9 Å². The lowest BCUT2D eigenvalue weighted by atomic mass is 9.87. The summed E-state index contributed by atoms with van der Waals surface area (Å²) in [6, 6.07) is 29.8. The molecule has 0 bridgehead atoms. The first-order valence-corrected chi connectivity index (χ1v) is 15.2. The van der Waals surface area contributed by atoms with Gasteiger partial charge in [-0.15, -0.1) is 0 Å². The molecule has 7 heteroatoms. The van der Waals surface area contributed by atoms with Gasteiger partial charge in [-0.2, -0.15) is 0 Å². The van der Waals surface area contributed by atoms with E-state index >= 15 is 0 Å². The number of benzene rings is 4. The predicted molar refractivity (Wildman–Crippen MR) is 160 cm³/mol. The van der Waals surface area contributed by atoms with Crippen LogP contribution in [0.2, 0.25) is 0 Å². The van der Waals surface area contributed by atoms with Crippen molar-refractivity contribution in [3.63, 3.8) is 0 Å². The third-order valence-corrected chi connectivity index (χ3v) is 9.67. The number of nitrogens with zero attached hydrogens (tertiary/aromatic N) is 1. The molecule has 0 saturated carbocycles. The minimum atomic E-state index is -3.97. The molecule has 0 fully saturated rings. The molecule has 4 aromatic carbocycles. The summed E-state index contributed by atoms with van der Waals surface area (Å²) in [7, 11) is -3.97. The predicted octanol–water partition coefficient (Wildman–Crippen LogP) is 7.19. The molecule has 0 aliphatic carbocycles. The van der Waals surface area contributed by atoms with E-state index in [0.717, 1.165) is 26.5 Å². The van der Waals surface area contributed by atoms with Crippen molar-refractivity contribution in [3.8, 4) is 0 Å². The van der Waals surface area contributed by atoms with Crippen molar-refractivity contribution in [2.45, 2.75) is 47.8 Å². The highest BCUT2D eigenvalue weighted by Crippen LogP contribution is 2.42. The molecule has 0 amide bonds. The monoisotopic (exact) mass is 567 g/mol. The number of hydrogen-bond acceptors (Lipinski definition) is 5. The zero-order valence-corrected chi connectivity index (χ0v) is 24.1. The molecule has 0 N–H and O–H groups in total. The van der Waals surface area contributed by atoms with E-state index in [2.05, 4.69) is 0 Å². The molecule has 0 radical (unpaired) electrons. The first kappa shape index (κ1) is 27.6. The van der Waals surface area contributed by atoms with Gasteiger partial charge in [0.2, 0.25) is 0 Å². The van der Waals surface area contributed by atoms with Gasteiger partial charge >= 0.3 is 0 Å². The summed E-state index contributed by atoms with van der Waals surface area (Å²) >= 11 is 1.46. The molecule has 0 aliphatic heterocycles. The largest absolute Gasteiger partial charge is 0.299 e. The molecular formula is C33H29NO4S2. The van der Waals surface area contributed by atoms with Crippen LogP contribution < -0.4 is 0 Å². The molecule has 0 atom stereocenters. The molecule has 5 rings (SSSR count). The maximum absolute atomic E-state index is 14.0. The second-order valence-electron chi connectivity index (χ2n) is 9.87. The number of aromatic nitrogens is 1. The summed E-state index contributed by atoms with van der Waals surface area (Å²) in [6.45, 7) is 4.73. The normalized spacial score (nSPS) is 11.7. The Morgan fingerprint density at radius 3 is 2.00 bits per heavy atom. The summed E-state index contributed by atoms with van der Waals surface area (Å²) in [5, 5.41) is 0.621. The topological polar surface area (TPSA) is 73.2 Å². The fourth-order valence-electron chi connectivity index (χ4n) is 5.04. The molecule has 5 aromatic rings. The van der Waals surface area contributed by atoms with Gasteiger partial charge in [-0.25, -0.2) is 12.4 Å². The third kappa shape index (κ3) is 5.40. The van der Waals surface area contributed by atoms with Crippen LogP contribution in [-0.4, -0.2) is 24.0 Å². The van der Waals surface area contributed by atoms with E-state index in [1.807, 2.05) is 73.7 Å². The Hall–Kier alpha value is -3.94. The first-order valence-electron chi connectivity index (χ1n) is 12.9. The summed E-state index contributed by atoms with van der Waals surface area (Å²) in [5.74, 6) is -1.59. The average Bonchev–Trinajstić information content (AvgIpc) is 3.30. The maximum Gasteiger partial charge on any atom is 0.268 e. The van der Waals surface area contributed by atoms with Crippen LogP contribution in [0.5, 0.6) is 0 Å². The molecule has 1 aromatic heterocycles. The van der Waals surface area contributed by atoms with E-state index in [9.17, 15) is 18.0 Å². The summed E-state index contributed by atoms with van der Waals surface area (Å²) in [6.07, 6.45) is 2.08. The number of carbonyl (C=O) groups is 2. The summed E-state index contributed by atoms with van der Waals surface area (Å²) < 4.78 is 29.2. The van der Waals surface area contributed by atoms with Crippen LogP contribution in [0.1, 0.15) is 42.0 Å². The molecule has 0 saturated heterocycles. The highest BCUT2D eigenvalue weighted by molar-refractivity contribution is 7.99. The minimum absolute atomic E-state index is 0.167. The van der Waals surface area contributed by atoms with Gasteiger partial charge in [0.25, 0.3) is 10.0 Å². The van der Waals surface area contributed by atoms with E-state index in [1.54, 1.807) is 36.5 Å². The van der Waals surface area contributed by atoms with E-state index in [1.165, 1.54) is 29.6 Å². The van der Waals surface area contributed by atoms with Crippen molar-refractivity contribution < 1.29 is 18.0 Å². The number of fused-ring (bicyclic) bond motifs is 1. The standard InChI is InChI=1S/C33H29NO4S2/c1-22-14-16-28(17-15-22)40(37,38)34-21-26(20-25-10-6-4-7-11-25)32-29(34)18-19-30(39-27-12-8-5-9-13-27)33(32)31(23(2)35)24(3)36/h4-19,21,31H,20H2,1-3H3. The van der Waals surface area contributed by atoms with Gasteiger partial charge in [-0.05, 0) is 80.3 Å². The van der Waals surface area contributed by atoms with Crippen molar-refractivity contribution in [3.05, 3.63) is 126 Å². The van der Waals surface area contributed by atoms with Gasteiger partial charge in [0, 0.05) is 21.4 Å². The van der Waals surface area contributed by atoms with E-state index in [-0.39, 0.29) is 16.5 Å². The van der Waals surface area contributed by atoms with Crippen molar-refractivity contribution in [1.29, 1.82) is 0 Å². The highest BCUT2D eigenvalue weighted by atomic mass is 32.2. The molecular weight excluding hydrogens is 539 g/mol. The Bertz CT molecular complexity index is 1790. The van der Waals surface area contributed by atoms with Crippen LogP contribution in [0.25, 0.3) is 10.9 Å². The Kier molecular flexibility index (Phi) is 7.79. The summed E-state index contributed by atoms with van der Waals surface area (Å²) in [4.78, 5) is 27.9. The van der Waals surface area contributed by atoms with Gasteiger partial charge in [0.1, 0.15) is 17.5 Å². The van der Waals surface area contributed by atoms with Crippen LogP contribution in [0.4, 0.5) is 0 Å². The SMILES string of the molecule is CC(=O)C(C(C)=O)c1c(Sc2ccccc2)ccc2c1c(Cc1ccccc1)cn2S(=O)(=O)c1ccc(C)cc1. The zero-order valence-electron chi connectivity index (χ0n) is 22.5. The Labute approximate surface area is 238 Å². The highest BCUT2D eigenvalue weighted by Gasteiger charge is 2.31. The van der Waals surface area contributed by atoms with Crippen LogP contribution in [0, 0.1) is 6.92 Å². The first-order chi connectivity index (χ1) is 19.2. The fourth-order valence-corrected chi connectivity index (χ4v) is 7.44. The van der Waals surface area contributed by atoms with E-state index in [0.29, 0.717) is 22.9 Å². The van der Waals surface area contributed by atoms with Crippen molar-refractivity contribution in [2.24, 2.45) is 0 Å². The van der Waals surface area contributed by atoms with E-state index in [4.69, 9.17) is 0 Å². The molecule has 0 aliphatic rings. The Morgan fingerprint density at radius 2 is 1.40 bits per heavy atom. The van der Waals surface area contributed by atoms with Crippen molar-refractivity contribution in [2.75, 3.05) is 0 Å². The average molecular weight is 568 g/mol. The number of rotatable bonds is 9. The smallest absolute Gasteiger partial charge is 0.268 e. The molecule has 0 spiro atoms. The lowest BCUT2D eigenvalue weighted by Gasteiger charge is -2.19. The lowest BCUT2D eigenvalue weighted by molar-refractivity contribution is -0.126. The Morgan fingerprint density at radius 1 is 0.800 bits per heavy atom. The molecule has 40 heavy (non-hydrogen) atoms. The second kappa shape index (κ2) is 11.3. The maximum atomic E-state index is 14.0. The van der Waals surface area contributed by atoms with Crippen LogP contribution in [0.15, 0.2) is 118 Å². The number of hydrogen-bond donors (Lipinski definition) is 0. The van der Waals surface area contributed by atoms with Crippen LogP contribution in [-0.2, 0) is 26.0 Å². The van der Waals surface area contributed by atoms with Gasteiger partial charge in [0.15, 0.2) is 0 Å². The third-order valence-electron chi connectivity index (χ3n) is 6.90. The number of aryl methyl sites for hydroxylation is 1. The van der Waals surface area contributed by atoms with Gasteiger partial charge in [-0.3, -0.25) is 9.59 Å². The number of ketones is 2. The minimum Gasteiger partial charge on any atom is -0.299 e. The van der Waals surface area contributed by atoms with Crippen molar-refractivity contribution in [1.82, 2.24) is 3.97 Å². The molecule has 1 heterocycles. The second-order valence-corrected chi connectivity index (χ2v) is 12.8. The number of Topliss-reactive ketones (excluding diaryl/α,β-unsaturated/α-hetero) is 2. The van der Waals surface area contributed by atoms with Crippen LogP contribution >= 0.6 is 11.8 Å². The van der Waals surface area contributed by atoms with Crippen molar-refractivity contribution >= 4 is 44.3 Å². The lowest BCUT2D eigenvalue weighted by Crippen LogP contribution is -2.19. The van der Waals surface area contributed by atoms with Gasteiger partial charge in [0.05, 0.1) is 10.4 Å². The Balaban J connectivity index is 1.84. The number of carbonyl (C=O) groups excluding carboxylic acids is 2. The quantitative estimate of drug-likeness (QED) is 0.176. The molecule has 5 nitrogen and oxygen atoms in total. The fraction of sp³-hybridized carbons (Fsp3) is 0.152.